The van der Waals surface area contributed by atoms with E-state index in [1.54, 1.807) is 27.7 Å². The number of carbonyl (C=O) groups is 3. The summed E-state index contributed by atoms with van der Waals surface area (Å²) in [6, 6.07) is 0.514. The van der Waals surface area contributed by atoms with E-state index >= 15 is 4.79 Å². The first kappa shape index (κ1) is 62.4. The summed E-state index contributed by atoms with van der Waals surface area (Å²) in [7, 11) is 4.33. The fraction of sp³-hybridized carbons (Fsp3) is 0.927. The Hall–Kier alpha value is -2.40. The van der Waals surface area contributed by atoms with Gasteiger partial charge < -0.3 is 67.5 Å². The number of ketones is 1. The van der Waals surface area contributed by atoms with Crippen molar-refractivity contribution in [2.75, 3.05) is 34.5 Å². The van der Waals surface area contributed by atoms with Gasteiger partial charge in [0.15, 0.2) is 24.7 Å². The highest BCUT2D eigenvalue weighted by Gasteiger charge is 2.51. The van der Waals surface area contributed by atoms with Crippen LogP contribution in [0.2, 0.25) is 0 Å². The summed E-state index contributed by atoms with van der Waals surface area (Å²) in [4.78, 5) is 51.7. The fourth-order valence-electron chi connectivity index (χ4n) is 12.5. The van der Waals surface area contributed by atoms with Gasteiger partial charge in [-0.25, -0.2) is 0 Å². The molecule has 4 heterocycles. The molecule has 428 valence electrons. The Morgan fingerprint density at radius 2 is 1.46 bits per heavy atom. The van der Waals surface area contributed by atoms with Gasteiger partial charge in [0.2, 0.25) is 0 Å². The molecule has 5 rings (SSSR count). The Labute approximate surface area is 441 Å². The number of methoxy groups -OCH3 is 2. The van der Waals surface area contributed by atoms with Gasteiger partial charge in [0.05, 0.1) is 54.7 Å². The summed E-state index contributed by atoms with van der Waals surface area (Å²) in [5, 5.41) is 39.1. The number of carbonyl (C=O) groups excluding carboxylic acids is 3. The van der Waals surface area contributed by atoms with Crippen LogP contribution >= 0.6 is 0 Å². The Balaban J connectivity index is 1.61. The average Bonchev–Trinajstić information content (AvgIpc) is 3.49. The van der Waals surface area contributed by atoms with Crippen molar-refractivity contribution in [3.63, 3.8) is 0 Å². The molecule has 3 N–H and O–H groups in total. The molecule has 0 aromatic heterocycles. The number of hydrogen-bond donors (Lipinski definition) is 3. The van der Waals surface area contributed by atoms with E-state index in [2.05, 4.69) is 17.0 Å². The van der Waals surface area contributed by atoms with Crippen LogP contribution in [-0.4, -0.2) is 182 Å². The van der Waals surface area contributed by atoms with Crippen LogP contribution in [0.4, 0.5) is 0 Å². The second-order valence-electron chi connectivity index (χ2n) is 23.4. The zero-order valence-corrected chi connectivity index (χ0v) is 47.5. The molecule has 0 spiro atoms. The number of ether oxygens (including phenoxy) is 10. The molecule has 22 atom stereocenters. The molecule has 19 heteroatoms. The molecule has 74 heavy (non-hydrogen) atoms. The quantitative estimate of drug-likeness (QED) is 0.127. The zero-order valence-electron chi connectivity index (χ0n) is 47.5. The van der Waals surface area contributed by atoms with Crippen molar-refractivity contribution < 1.29 is 81.9 Å². The van der Waals surface area contributed by atoms with Crippen molar-refractivity contribution in [1.82, 2.24) is 4.90 Å². The summed E-state index contributed by atoms with van der Waals surface area (Å²) in [5.41, 5.74) is -1.69. The van der Waals surface area contributed by atoms with Crippen molar-refractivity contribution in [3.8, 4) is 0 Å². The highest BCUT2D eigenvalue weighted by molar-refractivity contribution is 5.90. The second-order valence-corrected chi connectivity index (χ2v) is 23.4. The van der Waals surface area contributed by atoms with Crippen LogP contribution in [0.25, 0.3) is 0 Å². The van der Waals surface area contributed by atoms with E-state index in [4.69, 9.17) is 52.2 Å². The van der Waals surface area contributed by atoms with E-state index < -0.39 is 139 Å². The lowest BCUT2D eigenvalue weighted by Gasteiger charge is -2.44. The van der Waals surface area contributed by atoms with Gasteiger partial charge in [0.1, 0.15) is 49.3 Å². The largest absolute Gasteiger partial charge is 0.461 e. The standard InChI is InChI=1S/C55H96N2O17/c1-28(2)22-41(58)71-47-35(9)46(30(4)27-67-54-50(65-15)49(64-14)43(59)38(12)70-54)73-52(62)37(11)48(72-42-23-31(5)57(26-33(7)68-42)39-20-18-17-19-21-39)34(8)45(29(3)25-55(13,63)51(61)36(47)10)74-53-44(60)40(56-66-16)24-32(6)69-53/h28-39,42-50,53-54,59-60,63H,17-27H2,1-16H3/t29-,30-,31?,32+,33-,34+,35-,36+,37+,38+,42-,43+,44+,45-,46+,47+,48-,49+,50+,53-,54+,55-/m0/s1. The Kier molecular flexibility index (Phi) is 23.6. The van der Waals surface area contributed by atoms with Crippen LogP contribution < -0.4 is 0 Å². The van der Waals surface area contributed by atoms with E-state index in [1.165, 1.54) is 47.5 Å². The molecule has 0 bridgehead atoms. The van der Waals surface area contributed by atoms with Crippen LogP contribution in [0.1, 0.15) is 148 Å². The maximum atomic E-state index is 15.3. The minimum Gasteiger partial charge on any atom is -0.461 e. The van der Waals surface area contributed by atoms with Gasteiger partial charge in [-0.1, -0.05) is 72.9 Å². The number of cyclic esters (lactones) is 1. The van der Waals surface area contributed by atoms with E-state index in [1.807, 2.05) is 48.5 Å². The van der Waals surface area contributed by atoms with Crippen molar-refractivity contribution in [3.05, 3.63) is 0 Å². The summed E-state index contributed by atoms with van der Waals surface area (Å²) in [5.74, 6) is -6.80. The van der Waals surface area contributed by atoms with Crippen LogP contribution in [0.3, 0.4) is 0 Å². The van der Waals surface area contributed by atoms with Gasteiger partial charge in [-0.15, -0.1) is 0 Å². The number of rotatable bonds is 15. The average molecular weight is 1060 g/mol. The van der Waals surface area contributed by atoms with Gasteiger partial charge in [-0.05, 0) is 72.6 Å². The van der Waals surface area contributed by atoms with Crippen LogP contribution in [0.15, 0.2) is 5.16 Å². The minimum atomic E-state index is -2.01. The Bertz CT molecular complexity index is 1800. The Morgan fingerprint density at radius 1 is 0.797 bits per heavy atom. The number of Topliss-reactive ketones (excluding diaryl/α,β-unsaturated/α-hetero) is 1. The van der Waals surface area contributed by atoms with Gasteiger partial charge in [0, 0.05) is 69.9 Å². The third kappa shape index (κ3) is 15.7. The van der Waals surface area contributed by atoms with Crippen LogP contribution in [0.5, 0.6) is 0 Å². The number of hydrogen-bond acceptors (Lipinski definition) is 19. The first-order valence-corrected chi connectivity index (χ1v) is 27.7. The molecule has 1 unspecified atom stereocenters. The number of nitrogens with zero attached hydrogens (tertiary/aromatic N) is 2. The normalized spacial score (nSPS) is 43.1. The van der Waals surface area contributed by atoms with Crippen molar-refractivity contribution in [2.24, 2.45) is 46.6 Å². The van der Waals surface area contributed by atoms with E-state index in [0.29, 0.717) is 18.2 Å². The lowest BCUT2D eigenvalue weighted by atomic mass is 9.74. The molecular formula is C55H96N2O17. The molecule has 4 aliphatic heterocycles. The van der Waals surface area contributed by atoms with Crippen molar-refractivity contribution in [2.45, 2.75) is 251 Å². The predicted octanol–water partition coefficient (Wildman–Crippen LogP) is 5.98. The molecule has 5 fully saturated rings. The molecule has 5 aliphatic rings. The number of aliphatic hydroxyl groups is 3. The number of aliphatic hydroxyl groups excluding tert-OH is 2. The maximum Gasteiger partial charge on any atom is 0.311 e. The summed E-state index contributed by atoms with van der Waals surface area (Å²) in [6.45, 7) is 24.3. The first-order chi connectivity index (χ1) is 34.8. The van der Waals surface area contributed by atoms with Crippen LogP contribution in [-0.2, 0) is 66.6 Å². The van der Waals surface area contributed by atoms with Crippen molar-refractivity contribution >= 4 is 23.4 Å². The summed E-state index contributed by atoms with van der Waals surface area (Å²) < 4.78 is 63.9. The highest BCUT2D eigenvalue weighted by Crippen LogP contribution is 2.40. The van der Waals surface area contributed by atoms with Gasteiger partial charge >= 0.3 is 11.9 Å². The van der Waals surface area contributed by atoms with Crippen molar-refractivity contribution in [1.29, 1.82) is 0 Å². The SMILES string of the molecule is CON=C1C[C@@H](C)O[C@@H](O[C@@H]2[C@@H](C)[C@H](O[C@H]3CC(C)N(C4CCCCC4)C[C@H](C)O3)[C@@H](C)C(=O)O[C@H]([C@@H](C)CO[C@@H]3O[C@H](C)[C@@H](O)[C@@H](OC)[C@H]3OC)[C@H](C)[C@@H](OC(=O)CC(C)C)[C@@H](C)C(=O)[C@@](C)(O)C[C@@H]2C)[C@@H]1O. The van der Waals surface area contributed by atoms with E-state index in [-0.39, 0.29) is 43.9 Å². The smallest absolute Gasteiger partial charge is 0.311 e. The Morgan fingerprint density at radius 3 is 2.08 bits per heavy atom. The summed E-state index contributed by atoms with van der Waals surface area (Å²) in [6.07, 6.45) is -5.86. The van der Waals surface area contributed by atoms with Gasteiger partial charge in [-0.3, -0.25) is 19.3 Å². The molecule has 1 aliphatic carbocycles. The molecule has 0 radical (unpaired) electrons. The van der Waals surface area contributed by atoms with Gasteiger partial charge in [-0.2, -0.15) is 0 Å². The molecule has 1 saturated carbocycles. The fourth-order valence-corrected chi connectivity index (χ4v) is 12.5. The monoisotopic (exact) mass is 1060 g/mol. The molecule has 0 aromatic carbocycles. The molecular weight excluding hydrogens is 961 g/mol. The highest BCUT2D eigenvalue weighted by atomic mass is 16.7. The molecule has 19 nitrogen and oxygen atoms in total. The first-order valence-electron chi connectivity index (χ1n) is 27.7. The molecule has 0 amide bonds. The van der Waals surface area contributed by atoms with Crippen LogP contribution in [0, 0.1) is 41.4 Å². The topological polar surface area (TPSA) is 229 Å². The lowest BCUT2D eigenvalue weighted by Crippen LogP contribution is -2.59. The number of oxime groups is 1. The van der Waals surface area contributed by atoms with Gasteiger partial charge in [0.25, 0.3) is 0 Å². The predicted molar refractivity (Wildman–Crippen MR) is 273 cm³/mol. The molecule has 4 saturated heterocycles. The lowest BCUT2D eigenvalue weighted by molar-refractivity contribution is -0.305. The molecule has 0 aromatic rings. The summed E-state index contributed by atoms with van der Waals surface area (Å²) >= 11 is 0. The second kappa shape index (κ2) is 28.0. The third-order valence-electron chi connectivity index (χ3n) is 16.4. The zero-order chi connectivity index (χ0) is 54.9. The maximum absolute atomic E-state index is 15.3. The minimum absolute atomic E-state index is 0.0547. The van der Waals surface area contributed by atoms with E-state index in [0.717, 1.165) is 19.4 Å². The third-order valence-corrected chi connectivity index (χ3v) is 16.4. The number of esters is 2. The van der Waals surface area contributed by atoms with E-state index in [9.17, 15) is 24.9 Å².